The summed E-state index contributed by atoms with van der Waals surface area (Å²) in [4.78, 5) is 0. The van der Waals surface area contributed by atoms with Gasteiger partial charge in [0.05, 0.1) is 27.4 Å². The van der Waals surface area contributed by atoms with E-state index in [-0.39, 0.29) is 17.9 Å². The van der Waals surface area contributed by atoms with Gasteiger partial charge >= 0.3 is 0 Å². The molecule has 1 N–H and O–H groups in total. The van der Waals surface area contributed by atoms with Gasteiger partial charge in [0.25, 0.3) is 0 Å². The van der Waals surface area contributed by atoms with Crippen molar-refractivity contribution in [3.8, 4) is 17.2 Å². The van der Waals surface area contributed by atoms with Crippen molar-refractivity contribution in [2.45, 2.75) is 51.6 Å². The molecular formula is C19H30O4. The van der Waals surface area contributed by atoms with E-state index in [4.69, 9.17) is 14.2 Å². The van der Waals surface area contributed by atoms with Crippen LogP contribution in [0.3, 0.4) is 0 Å². The fourth-order valence-electron chi connectivity index (χ4n) is 3.85. The summed E-state index contributed by atoms with van der Waals surface area (Å²) in [6.45, 7) is 4.44. The van der Waals surface area contributed by atoms with E-state index in [1.807, 2.05) is 12.1 Å². The Morgan fingerprint density at radius 3 is 2.04 bits per heavy atom. The van der Waals surface area contributed by atoms with E-state index < -0.39 is 0 Å². The third kappa shape index (κ3) is 3.92. The number of methoxy groups -OCH3 is 3. The van der Waals surface area contributed by atoms with Crippen molar-refractivity contribution in [3.63, 3.8) is 0 Å². The van der Waals surface area contributed by atoms with Crippen molar-refractivity contribution in [1.29, 1.82) is 0 Å². The Hall–Kier alpha value is -1.42. The summed E-state index contributed by atoms with van der Waals surface area (Å²) < 4.78 is 16.6. The molecule has 1 aromatic carbocycles. The predicted octanol–water partition coefficient (Wildman–Crippen LogP) is 4.00. The van der Waals surface area contributed by atoms with E-state index in [9.17, 15) is 5.11 Å². The van der Waals surface area contributed by atoms with Gasteiger partial charge in [-0.15, -0.1) is 0 Å². The Morgan fingerprint density at radius 2 is 1.65 bits per heavy atom. The van der Waals surface area contributed by atoms with Gasteiger partial charge in [0.2, 0.25) is 0 Å². The third-order valence-electron chi connectivity index (χ3n) is 4.90. The molecule has 1 aromatic rings. The second-order valence-corrected chi connectivity index (χ2v) is 6.84. The maximum atomic E-state index is 10.5. The molecule has 3 atom stereocenters. The van der Waals surface area contributed by atoms with Crippen LogP contribution in [0.4, 0.5) is 0 Å². The van der Waals surface area contributed by atoms with Crippen LogP contribution in [0.15, 0.2) is 12.1 Å². The van der Waals surface area contributed by atoms with Gasteiger partial charge in [-0.1, -0.05) is 20.3 Å². The highest BCUT2D eigenvalue weighted by Gasteiger charge is 2.36. The van der Waals surface area contributed by atoms with Gasteiger partial charge in [-0.3, -0.25) is 0 Å². The molecule has 0 saturated heterocycles. The molecule has 0 bridgehead atoms. The maximum absolute atomic E-state index is 10.5. The molecule has 1 aliphatic rings. The molecule has 4 heteroatoms. The van der Waals surface area contributed by atoms with Gasteiger partial charge in [0.15, 0.2) is 0 Å². The van der Waals surface area contributed by atoms with Gasteiger partial charge in [-0.05, 0) is 37.0 Å². The van der Waals surface area contributed by atoms with Crippen molar-refractivity contribution in [2.75, 3.05) is 21.3 Å². The zero-order valence-corrected chi connectivity index (χ0v) is 15.0. The minimum absolute atomic E-state index is 0.225. The first-order chi connectivity index (χ1) is 11.0. The number of aliphatic hydroxyl groups is 1. The van der Waals surface area contributed by atoms with Crippen molar-refractivity contribution < 1.29 is 19.3 Å². The quantitative estimate of drug-likeness (QED) is 0.824. The fraction of sp³-hybridized carbons (Fsp3) is 0.684. The number of rotatable bonds is 7. The molecule has 2 rings (SSSR count). The van der Waals surface area contributed by atoms with Crippen LogP contribution < -0.4 is 14.2 Å². The summed E-state index contributed by atoms with van der Waals surface area (Å²) in [5.74, 6) is 3.30. The number of hydrogen-bond donors (Lipinski definition) is 1. The second-order valence-electron chi connectivity index (χ2n) is 6.84. The average molecular weight is 322 g/mol. The number of ether oxygens (including phenoxy) is 3. The molecular weight excluding hydrogens is 292 g/mol. The summed E-state index contributed by atoms with van der Waals surface area (Å²) in [7, 11) is 4.99. The summed E-state index contributed by atoms with van der Waals surface area (Å²) in [5, 5.41) is 10.5. The number of benzene rings is 1. The van der Waals surface area contributed by atoms with Crippen molar-refractivity contribution in [1.82, 2.24) is 0 Å². The molecule has 0 spiro atoms. The summed E-state index contributed by atoms with van der Waals surface area (Å²) in [5.41, 5.74) is 1.07. The second kappa shape index (κ2) is 7.91. The van der Waals surface area contributed by atoms with Gasteiger partial charge in [0, 0.05) is 17.7 Å². The van der Waals surface area contributed by atoms with Crippen molar-refractivity contribution in [2.24, 2.45) is 11.8 Å². The summed E-state index contributed by atoms with van der Waals surface area (Å²) in [6, 6.07) is 3.82. The Morgan fingerprint density at radius 1 is 1.04 bits per heavy atom. The zero-order chi connectivity index (χ0) is 17.0. The molecule has 1 fully saturated rings. The van der Waals surface area contributed by atoms with Gasteiger partial charge < -0.3 is 19.3 Å². The van der Waals surface area contributed by atoms with Crippen LogP contribution in [-0.4, -0.2) is 32.5 Å². The molecule has 1 saturated carbocycles. The molecule has 1 aliphatic carbocycles. The van der Waals surface area contributed by atoms with E-state index in [1.165, 1.54) is 0 Å². The lowest BCUT2D eigenvalue weighted by atomic mass is 9.77. The van der Waals surface area contributed by atoms with Gasteiger partial charge in [-0.2, -0.15) is 0 Å². The first-order valence-corrected chi connectivity index (χ1v) is 8.49. The number of aliphatic hydroxyl groups excluding tert-OH is 1. The van der Waals surface area contributed by atoms with Crippen LogP contribution in [0, 0.1) is 11.8 Å². The van der Waals surface area contributed by atoms with Crippen molar-refractivity contribution >= 4 is 0 Å². The SMILES string of the molecule is COc1cc(OC)c(C(CC(C)C)C2CCCC2O)c(OC)c1. The highest BCUT2D eigenvalue weighted by atomic mass is 16.5. The predicted molar refractivity (Wildman–Crippen MR) is 91.6 cm³/mol. The van der Waals surface area contributed by atoms with Gasteiger partial charge in [0.1, 0.15) is 17.2 Å². The van der Waals surface area contributed by atoms with Crippen LogP contribution in [0.5, 0.6) is 17.2 Å². The normalized spacial score (nSPS) is 22.2. The number of hydrogen-bond acceptors (Lipinski definition) is 4. The molecule has 0 aliphatic heterocycles. The maximum Gasteiger partial charge on any atom is 0.129 e. The lowest BCUT2D eigenvalue weighted by Gasteiger charge is -2.30. The molecule has 0 aromatic heterocycles. The largest absolute Gasteiger partial charge is 0.496 e. The Labute approximate surface area is 139 Å². The van der Waals surface area contributed by atoms with E-state index >= 15 is 0 Å². The minimum atomic E-state index is -0.240. The molecule has 4 nitrogen and oxygen atoms in total. The fourth-order valence-corrected chi connectivity index (χ4v) is 3.85. The minimum Gasteiger partial charge on any atom is -0.496 e. The Bertz CT molecular complexity index is 487. The summed E-state index contributed by atoms with van der Waals surface area (Å²) >= 11 is 0. The summed E-state index contributed by atoms with van der Waals surface area (Å²) in [6.07, 6.45) is 3.79. The first-order valence-electron chi connectivity index (χ1n) is 8.49. The lowest BCUT2D eigenvalue weighted by molar-refractivity contribution is 0.110. The Kier molecular flexibility index (Phi) is 6.17. The smallest absolute Gasteiger partial charge is 0.129 e. The first kappa shape index (κ1) is 17.9. The molecule has 130 valence electrons. The van der Waals surface area contributed by atoms with E-state index in [1.54, 1.807) is 21.3 Å². The zero-order valence-electron chi connectivity index (χ0n) is 15.0. The van der Waals surface area contributed by atoms with E-state index in [0.717, 1.165) is 48.5 Å². The molecule has 0 radical (unpaired) electrons. The Balaban J connectivity index is 2.51. The highest BCUT2D eigenvalue weighted by molar-refractivity contribution is 5.53. The highest BCUT2D eigenvalue weighted by Crippen LogP contribution is 2.48. The topological polar surface area (TPSA) is 47.9 Å². The van der Waals surface area contributed by atoms with Gasteiger partial charge in [-0.25, -0.2) is 0 Å². The lowest BCUT2D eigenvalue weighted by Crippen LogP contribution is -2.23. The molecule has 0 amide bonds. The monoisotopic (exact) mass is 322 g/mol. The van der Waals surface area contributed by atoms with Crippen LogP contribution in [0.1, 0.15) is 51.0 Å². The molecule has 3 unspecified atom stereocenters. The van der Waals surface area contributed by atoms with Crippen LogP contribution >= 0.6 is 0 Å². The van der Waals surface area contributed by atoms with Crippen LogP contribution in [-0.2, 0) is 0 Å². The van der Waals surface area contributed by atoms with Crippen LogP contribution in [0.25, 0.3) is 0 Å². The standard InChI is InChI=1S/C19H30O4/c1-12(2)9-15(14-7-6-8-16(14)20)19-17(22-4)10-13(21-3)11-18(19)23-5/h10-12,14-16,20H,6-9H2,1-5H3. The molecule has 23 heavy (non-hydrogen) atoms. The van der Waals surface area contributed by atoms with E-state index in [0.29, 0.717) is 5.92 Å². The third-order valence-corrected chi connectivity index (χ3v) is 4.90. The van der Waals surface area contributed by atoms with Crippen LogP contribution in [0.2, 0.25) is 0 Å². The molecule has 0 heterocycles. The van der Waals surface area contributed by atoms with E-state index in [2.05, 4.69) is 13.8 Å². The van der Waals surface area contributed by atoms with Crippen molar-refractivity contribution in [3.05, 3.63) is 17.7 Å². The average Bonchev–Trinajstić information content (AvgIpc) is 2.97.